The lowest BCUT2D eigenvalue weighted by atomic mass is 10.1. The molecule has 1 aliphatic rings. The van der Waals surface area contributed by atoms with E-state index in [0.717, 1.165) is 0 Å². The molecule has 0 aliphatic carbocycles. The van der Waals surface area contributed by atoms with Gasteiger partial charge in [0.25, 0.3) is 0 Å². The fourth-order valence-electron chi connectivity index (χ4n) is 1.91. The second-order valence-corrected chi connectivity index (χ2v) is 5.02. The van der Waals surface area contributed by atoms with Crippen LogP contribution in [0.5, 0.6) is 0 Å². The van der Waals surface area contributed by atoms with Gasteiger partial charge in [-0.15, -0.1) is 0 Å². The van der Waals surface area contributed by atoms with Crippen LogP contribution in [0.15, 0.2) is 30.3 Å². The molecule has 0 radical (unpaired) electrons. The van der Waals surface area contributed by atoms with Crippen molar-refractivity contribution in [3.8, 4) is 0 Å². The minimum absolute atomic E-state index is 0.406. The second-order valence-electron chi connectivity index (χ2n) is 4.11. The Bertz CT molecular complexity index is 412. The van der Waals surface area contributed by atoms with Crippen molar-refractivity contribution in [1.29, 1.82) is 0 Å². The Morgan fingerprint density at radius 3 is 2.72 bits per heavy atom. The van der Waals surface area contributed by atoms with E-state index in [-0.39, 0.29) is 0 Å². The molecule has 1 aromatic carbocycles. The Kier molecular flexibility index (Phi) is 4.35. The number of hydrogen-bond acceptors (Lipinski definition) is 3. The molecule has 0 saturated carbocycles. The van der Waals surface area contributed by atoms with Crippen LogP contribution in [0.4, 0.5) is 4.39 Å². The number of carbonyl (C=O) groups excluding carboxylic acids is 1. The van der Waals surface area contributed by atoms with Crippen LogP contribution in [0.2, 0.25) is 0 Å². The van der Waals surface area contributed by atoms with Crippen molar-refractivity contribution < 1.29 is 18.7 Å². The van der Waals surface area contributed by atoms with Crippen LogP contribution in [-0.2, 0) is 9.47 Å². The lowest BCUT2D eigenvalue weighted by Crippen LogP contribution is -2.33. The van der Waals surface area contributed by atoms with E-state index in [4.69, 9.17) is 9.47 Å². The van der Waals surface area contributed by atoms with Crippen LogP contribution in [-0.4, -0.2) is 29.4 Å². The van der Waals surface area contributed by atoms with Gasteiger partial charge in [0, 0.05) is 0 Å². The minimum atomic E-state index is -1.34. The van der Waals surface area contributed by atoms with Gasteiger partial charge in [0.05, 0.1) is 11.7 Å². The highest BCUT2D eigenvalue weighted by Gasteiger charge is 2.45. The molecule has 0 bridgehead atoms. The van der Waals surface area contributed by atoms with Crippen LogP contribution in [0.1, 0.15) is 23.7 Å². The third-order valence-corrected chi connectivity index (χ3v) is 3.61. The Morgan fingerprint density at radius 1 is 1.44 bits per heavy atom. The number of ether oxygens (including phenoxy) is 2. The van der Waals surface area contributed by atoms with Crippen molar-refractivity contribution in [2.45, 2.75) is 36.7 Å². The molecule has 0 spiro atoms. The Morgan fingerprint density at radius 2 is 2.11 bits per heavy atom. The Hall–Kier alpha value is -0.940. The maximum absolute atomic E-state index is 13.8. The van der Waals surface area contributed by atoms with Gasteiger partial charge >= 0.3 is 5.97 Å². The first kappa shape index (κ1) is 13.5. The summed E-state index contributed by atoms with van der Waals surface area (Å²) in [6.07, 6.45) is -2.01. The predicted octanol–water partition coefficient (Wildman–Crippen LogP) is 3.08. The largest absolute Gasteiger partial charge is 0.453 e. The summed E-state index contributed by atoms with van der Waals surface area (Å²) in [5.41, 5.74) is 0.414. The monoisotopic (exact) mass is 316 g/mol. The smallest absolute Gasteiger partial charge is 0.338 e. The summed E-state index contributed by atoms with van der Waals surface area (Å²) in [5.74, 6) is -0.521. The Labute approximate surface area is 113 Å². The number of esters is 1. The fourth-order valence-corrected chi connectivity index (χ4v) is 2.49. The van der Waals surface area contributed by atoms with E-state index < -0.39 is 29.4 Å². The van der Waals surface area contributed by atoms with Crippen molar-refractivity contribution >= 4 is 21.9 Å². The van der Waals surface area contributed by atoms with Gasteiger partial charge in [0.15, 0.2) is 12.3 Å². The van der Waals surface area contributed by atoms with Crippen LogP contribution in [0, 0.1) is 0 Å². The van der Waals surface area contributed by atoms with Crippen LogP contribution < -0.4 is 0 Å². The minimum Gasteiger partial charge on any atom is -0.453 e. The van der Waals surface area contributed by atoms with Crippen LogP contribution in [0.3, 0.4) is 0 Å². The van der Waals surface area contributed by atoms with Gasteiger partial charge < -0.3 is 9.47 Å². The first-order chi connectivity index (χ1) is 8.63. The first-order valence-corrected chi connectivity index (χ1v) is 6.74. The maximum atomic E-state index is 13.8. The lowest BCUT2D eigenvalue weighted by Gasteiger charge is -2.18. The van der Waals surface area contributed by atoms with Gasteiger partial charge in [0.2, 0.25) is 0 Å². The van der Waals surface area contributed by atoms with Crippen molar-refractivity contribution in [3.63, 3.8) is 0 Å². The fraction of sp³-hybridized carbons (Fsp3) is 0.462. The standard InChI is InChI=1S/C13H14BrFO3/c1-2-9-11(10(15)12(14)17-9)18-13(16)8-6-4-3-5-7-8/h3-7,9-12H,2H2,1H3/t9-,10+,11?,12-/m1/s1. The molecule has 2 rings (SSSR count). The maximum Gasteiger partial charge on any atom is 0.338 e. The molecule has 18 heavy (non-hydrogen) atoms. The highest BCUT2D eigenvalue weighted by Crippen LogP contribution is 2.32. The molecule has 0 aromatic heterocycles. The van der Waals surface area contributed by atoms with E-state index in [2.05, 4.69) is 15.9 Å². The van der Waals surface area contributed by atoms with E-state index in [9.17, 15) is 9.18 Å². The molecule has 4 atom stereocenters. The molecule has 0 N–H and O–H groups in total. The molecular formula is C13H14BrFO3. The van der Waals surface area contributed by atoms with Crippen molar-refractivity contribution in [2.75, 3.05) is 0 Å². The number of halogens is 2. The van der Waals surface area contributed by atoms with Crippen LogP contribution in [0.25, 0.3) is 0 Å². The van der Waals surface area contributed by atoms with Crippen molar-refractivity contribution in [3.05, 3.63) is 35.9 Å². The van der Waals surface area contributed by atoms with E-state index in [1.807, 2.05) is 6.92 Å². The summed E-state index contributed by atoms with van der Waals surface area (Å²) in [5, 5.41) is -0.712. The second kappa shape index (κ2) is 5.80. The summed E-state index contributed by atoms with van der Waals surface area (Å²) >= 11 is 3.08. The highest BCUT2D eigenvalue weighted by atomic mass is 79.9. The SMILES string of the molecule is CC[C@H]1O[C@@H](Br)[C@@H](F)C1OC(=O)c1ccccc1. The summed E-state index contributed by atoms with van der Waals surface area (Å²) in [6, 6.07) is 8.55. The molecule has 1 unspecified atom stereocenters. The average Bonchev–Trinajstić information content (AvgIpc) is 2.67. The Balaban J connectivity index is 2.06. The number of hydrogen-bond donors (Lipinski definition) is 0. The molecule has 5 heteroatoms. The number of rotatable bonds is 3. The van der Waals surface area contributed by atoms with Gasteiger partial charge in [-0.05, 0) is 18.6 Å². The quantitative estimate of drug-likeness (QED) is 0.635. The van der Waals surface area contributed by atoms with Gasteiger partial charge in [-0.3, -0.25) is 0 Å². The molecule has 0 amide bonds. The van der Waals surface area contributed by atoms with Crippen LogP contribution >= 0.6 is 15.9 Å². The van der Waals surface area contributed by atoms with E-state index >= 15 is 0 Å². The molecule has 98 valence electrons. The molecular weight excluding hydrogens is 303 g/mol. The third-order valence-electron chi connectivity index (χ3n) is 2.89. The normalized spacial score (nSPS) is 31.3. The van der Waals surface area contributed by atoms with E-state index in [1.165, 1.54) is 0 Å². The van der Waals surface area contributed by atoms with Crippen molar-refractivity contribution in [1.82, 2.24) is 0 Å². The zero-order chi connectivity index (χ0) is 13.1. The summed E-state index contributed by atoms with van der Waals surface area (Å²) in [7, 11) is 0. The first-order valence-electron chi connectivity index (χ1n) is 5.83. The number of carbonyl (C=O) groups is 1. The van der Waals surface area contributed by atoms with Gasteiger partial charge in [-0.2, -0.15) is 0 Å². The molecule has 3 nitrogen and oxygen atoms in total. The van der Waals surface area contributed by atoms with E-state index in [0.29, 0.717) is 12.0 Å². The summed E-state index contributed by atoms with van der Waals surface area (Å²) < 4.78 is 24.4. The topological polar surface area (TPSA) is 35.5 Å². The predicted molar refractivity (Wildman–Crippen MR) is 68.4 cm³/mol. The highest BCUT2D eigenvalue weighted by molar-refractivity contribution is 9.09. The van der Waals surface area contributed by atoms with E-state index in [1.54, 1.807) is 30.3 Å². The molecule has 1 aromatic rings. The summed E-state index contributed by atoms with van der Waals surface area (Å²) in [4.78, 5) is 11.9. The molecule has 1 saturated heterocycles. The zero-order valence-electron chi connectivity index (χ0n) is 9.88. The summed E-state index contributed by atoms with van der Waals surface area (Å²) in [6.45, 7) is 1.87. The number of benzene rings is 1. The lowest BCUT2D eigenvalue weighted by molar-refractivity contribution is -0.00905. The molecule has 1 aliphatic heterocycles. The van der Waals surface area contributed by atoms with Crippen molar-refractivity contribution in [2.24, 2.45) is 0 Å². The van der Waals surface area contributed by atoms with Gasteiger partial charge in [0.1, 0.15) is 5.01 Å². The molecule has 1 fully saturated rings. The average molecular weight is 317 g/mol. The number of alkyl halides is 2. The zero-order valence-corrected chi connectivity index (χ0v) is 11.5. The third kappa shape index (κ3) is 2.72. The van der Waals surface area contributed by atoms with Gasteiger partial charge in [-0.25, -0.2) is 9.18 Å². The molecule has 1 heterocycles. The van der Waals surface area contributed by atoms with Gasteiger partial charge in [-0.1, -0.05) is 41.1 Å².